The van der Waals surface area contributed by atoms with Crippen molar-refractivity contribution in [3.63, 3.8) is 0 Å². The predicted octanol–water partition coefficient (Wildman–Crippen LogP) is 2.44. The molecule has 0 aromatic rings. The molecule has 4 N–H and O–H groups in total. The Morgan fingerprint density at radius 3 is 2.14 bits per heavy atom. The van der Waals surface area contributed by atoms with E-state index in [2.05, 4.69) is 0 Å². The fourth-order valence-electron chi connectivity index (χ4n) is 2.09. The molecule has 0 bridgehead atoms. The maximum absolute atomic E-state index is 11.8. The summed E-state index contributed by atoms with van der Waals surface area (Å²) in [6, 6.07) is 0. The number of hydrogen-bond donors (Lipinski definition) is 3. The van der Waals surface area contributed by atoms with Crippen LogP contribution in [0.4, 0.5) is 4.79 Å². The van der Waals surface area contributed by atoms with Gasteiger partial charge >= 0.3 is 6.09 Å². The number of nitrogens with two attached hydrogens (primary N) is 1. The first-order valence-corrected chi connectivity index (χ1v) is 7.51. The van der Waals surface area contributed by atoms with E-state index in [1.54, 1.807) is 4.90 Å². The highest BCUT2D eigenvalue weighted by molar-refractivity contribution is 5.76. The van der Waals surface area contributed by atoms with E-state index in [1.807, 2.05) is 20.8 Å². The Hall–Kier alpha value is -1.79. The average molecular weight is 315 g/mol. The molecule has 0 radical (unpaired) electrons. The van der Waals surface area contributed by atoms with Crippen LogP contribution in [-0.2, 0) is 9.53 Å². The summed E-state index contributed by atoms with van der Waals surface area (Å²) in [6.07, 6.45) is 3.36. The number of amides is 1. The molecule has 7 heteroatoms. The maximum Gasteiger partial charge on any atom is 0.410 e. The predicted molar refractivity (Wildman–Crippen MR) is 85.0 cm³/mol. The zero-order valence-electron chi connectivity index (χ0n) is 14.0. The number of hydrogen-bond acceptors (Lipinski definition) is 4. The van der Waals surface area contributed by atoms with Gasteiger partial charge in [0.15, 0.2) is 0 Å². The topological polar surface area (TPSA) is 117 Å². The third-order valence-electron chi connectivity index (χ3n) is 3.09. The summed E-state index contributed by atoms with van der Waals surface area (Å²) in [6.45, 7) is 8.22. The van der Waals surface area contributed by atoms with Gasteiger partial charge in [-0.1, -0.05) is 0 Å². The molecule has 0 aliphatic carbocycles. The molecule has 1 saturated heterocycles. The lowest BCUT2D eigenvalue weighted by atomic mass is 9.92. The molecule has 1 fully saturated rings. The van der Waals surface area contributed by atoms with Crippen molar-refractivity contribution < 1.29 is 19.4 Å². The lowest BCUT2D eigenvalue weighted by Crippen LogP contribution is -2.41. The van der Waals surface area contributed by atoms with Gasteiger partial charge in [0.2, 0.25) is 0 Å². The van der Waals surface area contributed by atoms with E-state index in [0.29, 0.717) is 12.3 Å². The molecule has 0 spiro atoms. The SMILES string of the molecule is CC(=O)O.CC(C)(C)OC(=O)N1CCC(CCC(=N)N)CC1. The quantitative estimate of drug-likeness (QED) is 0.546. The Balaban J connectivity index is 0.000000980. The number of nitrogens with one attached hydrogen (secondary N) is 1. The molecule has 7 nitrogen and oxygen atoms in total. The number of carboxylic acid groups (broad SMARTS) is 1. The Kier molecular flexibility index (Phi) is 8.52. The van der Waals surface area contributed by atoms with Gasteiger partial charge in [-0.15, -0.1) is 0 Å². The van der Waals surface area contributed by atoms with E-state index in [1.165, 1.54) is 0 Å². The fourth-order valence-corrected chi connectivity index (χ4v) is 2.09. The van der Waals surface area contributed by atoms with Crippen LogP contribution in [-0.4, -0.2) is 46.6 Å². The summed E-state index contributed by atoms with van der Waals surface area (Å²) in [5, 5.41) is 14.6. The lowest BCUT2D eigenvalue weighted by Gasteiger charge is -2.33. The average Bonchev–Trinajstić information content (AvgIpc) is 2.34. The van der Waals surface area contributed by atoms with E-state index in [-0.39, 0.29) is 11.9 Å². The van der Waals surface area contributed by atoms with Gasteiger partial charge in [-0.05, 0) is 46.0 Å². The molecule has 1 aliphatic heterocycles. The monoisotopic (exact) mass is 315 g/mol. The highest BCUT2D eigenvalue weighted by Gasteiger charge is 2.26. The van der Waals surface area contributed by atoms with E-state index in [9.17, 15) is 4.79 Å². The highest BCUT2D eigenvalue weighted by Crippen LogP contribution is 2.23. The van der Waals surface area contributed by atoms with Crippen molar-refractivity contribution >= 4 is 17.9 Å². The van der Waals surface area contributed by atoms with Gasteiger partial charge in [0, 0.05) is 26.4 Å². The van der Waals surface area contributed by atoms with Crippen LogP contribution in [0.15, 0.2) is 0 Å². The number of carboxylic acids is 1. The van der Waals surface area contributed by atoms with Crippen molar-refractivity contribution in [3.8, 4) is 0 Å². The number of amidine groups is 1. The van der Waals surface area contributed by atoms with Crippen LogP contribution < -0.4 is 5.73 Å². The van der Waals surface area contributed by atoms with Crippen molar-refractivity contribution in [3.05, 3.63) is 0 Å². The van der Waals surface area contributed by atoms with Gasteiger partial charge in [-0.25, -0.2) is 4.79 Å². The normalized spacial score (nSPS) is 15.5. The molecule has 1 amide bonds. The first kappa shape index (κ1) is 20.2. The van der Waals surface area contributed by atoms with Crippen molar-refractivity contribution in [2.75, 3.05) is 13.1 Å². The van der Waals surface area contributed by atoms with E-state index >= 15 is 0 Å². The second kappa shape index (κ2) is 9.27. The largest absolute Gasteiger partial charge is 0.481 e. The minimum Gasteiger partial charge on any atom is -0.481 e. The van der Waals surface area contributed by atoms with E-state index < -0.39 is 11.6 Å². The summed E-state index contributed by atoms with van der Waals surface area (Å²) >= 11 is 0. The van der Waals surface area contributed by atoms with Crippen LogP contribution in [0.3, 0.4) is 0 Å². The number of carbonyl (C=O) groups is 2. The Morgan fingerprint density at radius 2 is 1.77 bits per heavy atom. The molecule has 0 aromatic carbocycles. The van der Waals surface area contributed by atoms with Gasteiger partial charge in [-0.3, -0.25) is 10.2 Å². The van der Waals surface area contributed by atoms with Gasteiger partial charge < -0.3 is 20.5 Å². The first-order valence-electron chi connectivity index (χ1n) is 7.51. The summed E-state index contributed by atoms with van der Waals surface area (Å²) in [7, 11) is 0. The lowest BCUT2D eigenvalue weighted by molar-refractivity contribution is -0.134. The molecular weight excluding hydrogens is 286 g/mol. The van der Waals surface area contributed by atoms with Crippen LogP contribution in [0.25, 0.3) is 0 Å². The Labute approximate surface area is 132 Å². The smallest absolute Gasteiger partial charge is 0.410 e. The van der Waals surface area contributed by atoms with Gasteiger partial charge in [0.05, 0.1) is 5.84 Å². The minimum absolute atomic E-state index is 0.215. The zero-order chi connectivity index (χ0) is 17.3. The van der Waals surface area contributed by atoms with Gasteiger partial charge in [0.25, 0.3) is 5.97 Å². The Morgan fingerprint density at radius 1 is 1.32 bits per heavy atom. The van der Waals surface area contributed by atoms with Crippen LogP contribution >= 0.6 is 0 Å². The molecular formula is C15H29N3O4. The summed E-state index contributed by atoms with van der Waals surface area (Å²) < 4.78 is 5.34. The van der Waals surface area contributed by atoms with Gasteiger partial charge in [-0.2, -0.15) is 0 Å². The highest BCUT2D eigenvalue weighted by atomic mass is 16.6. The molecule has 1 heterocycles. The van der Waals surface area contributed by atoms with Crippen LogP contribution in [0.1, 0.15) is 53.4 Å². The van der Waals surface area contributed by atoms with Crippen molar-refractivity contribution in [2.24, 2.45) is 11.7 Å². The summed E-state index contributed by atoms with van der Waals surface area (Å²) in [5.74, 6) is -0.00263. The molecule has 1 rings (SSSR count). The molecule has 0 atom stereocenters. The van der Waals surface area contributed by atoms with E-state index in [4.69, 9.17) is 25.8 Å². The number of carbonyl (C=O) groups excluding carboxylic acids is 1. The van der Waals surface area contributed by atoms with Crippen molar-refractivity contribution in [2.45, 2.75) is 59.0 Å². The molecule has 0 aromatic heterocycles. The zero-order valence-corrected chi connectivity index (χ0v) is 14.0. The fraction of sp³-hybridized carbons (Fsp3) is 0.800. The second-order valence-electron chi connectivity index (χ2n) is 6.49. The van der Waals surface area contributed by atoms with Crippen molar-refractivity contribution in [1.82, 2.24) is 4.90 Å². The summed E-state index contributed by atoms with van der Waals surface area (Å²) in [4.78, 5) is 22.6. The number of rotatable bonds is 3. The molecule has 128 valence electrons. The standard InChI is InChI=1S/C13H25N3O2.C2H4O2/c1-13(2,3)18-12(17)16-8-6-10(7-9-16)4-5-11(14)15;1-2(3)4/h10H,4-9H2,1-3H3,(H3,14,15);1H3,(H,3,4). The van der Waals surface area contributed by atoms with Crippen molar-refractivity contribution in [1.29, 1.82) is 5.41 Å². The number of piperidine rings is 1. The van der Waals surface area contributed by atoms with Crippen LogP contribution in [0.5, 0.6) is 0 Å². The van der Waals surface area contributed by atoms with E-state index in [0.717, 1.165) is 39.3 Å². The minimum atomic E-state index is -0.833. The summed E-state index contributed by atoms with van der Waals surface area (Å²) in [5.41, 5.74) is 4.93. The number of ether oxygens (including phenoxy) is 1. The molecule has 0 saturated carbocycles. The second-order valence-corrected chi connectivity index (χ2v) is 6.49. The van der Waals surface area contributed by atoms with Crippen LogP contribution in [0.2, 0.25) is 0 Å². The first-order chi connectivity index (χ1) is 10.0. The molecule has 0 unspecified atom stereocenters. The third kappa shape index (κ3) is 10.9. The Bertz CT molecular complexity index is 379. The maximum atomic E-state index is 11.8. The number of aliphatic carboxylic acids is 1. The van der Waals surface area contributed by atoms with Crippen LogP contribution in [0, 0.1) is 11.3 Å². The number of likely N-dealkylation sites (tertiary alicyclic amines) is 1. The molecule has 1 aliphatic rings. The third-order valence-corrected chi connectivity index (χ3v) is 3.09. The van der Waals surface area contributed by atoms with Gasteiger partial charge in [0.1, 0.15) is 5.60 Å². The number of nitrogens with zero attached hydrogens (tertiary/aromatic N) is 1. The molecule has 22 heavy (non-hydrogen) atoms.